The quantitative estimate of drug-likeness (QED) is 0.813. The van der Waals surface area contributed by atoms with E-state index in [4.69, 9.17) is 4.74 Å². The Morgan fingerprint density at radius 3 is 2.46 bits per heavy atom. The van der Waals surface area contributed by atoms with Gasteiger partial charge < -0.3 is 9.64 Å². The molecular weight excluding hydrogens is 302 g/mol. The van der Waals surface area contributed by atoms with Crippen LogP contribution < -0.4 is 4.90 Å². The van der Waals surface area contributed by atoms with Crippen LogP contribution in [-0.4, -0.2) is 24.5 Å². The molecule has 4 nitrogen and oxygen atoms in total. The van der Waals surface area contributed by atoms with Crippen LogP contribution in [0.1, 0.15) is 34.0 Å². The normalized spacial score (nSPS) is 14.2. The summed E-state index contributed by atoms with van der Waals surface area (Å²) in [5.74, 6) is -0.646. The summed E-state index contributed by atoms with van der Waals surface area (Å²) < 4.78 is 5.41. The number of fused-ring (bicyclic) bond motifs is 1. The number of hydrogen-bond donors (Lipinski definition) is 0. The van der Waals surface area contributed by atoms with Crippen molar-refractivity contribution in [3.8, 4) is 0 Å². The fraction of sp³-hybridized carbons (Fsp3) is 0.300. The van der Waals surface area contributed by atoms with Crippen molar-refractivity contribution in [3.63, 3.8) is 0 Å². The topological polar surface area (TPSA) is 46.6 Å². The van der Waals surface area contributed by atoms with Crippen LogP contribution in [0.2, 0.25) is 0 Å². The zero-order valence-electron chi connectivity index (χ0n) is 14.2. The molecule has 1 heterocycles. The van der Waals surface area contributed by atoms with Gasteiger partial charge in [0.2, 0.25) is 0 Å². The third-order valence-electron chi connectivity index (χ3n) is 4.24. The first kappa shape index (κ1) is 16.2. The van der Waals surface area contributed by atoms with Gasteiger partial charge in [-0.15, -0.1) is 0 Å². The summed E-state index contributed by atoms with van der Waals surface area (Å²) in [5, 5.41) is 0. The highest BCUT2D eigenvalue weighted by molar-refractivity contribution is 6.00. The van der Waals surface area contributed by atoms with Crippen LogP contribution in [0, 0.1) is 13.8 Å². The lowest BCUT2D eigenvalue weighted by molar-refractivity contribution is -0.126. The van der Waals surface area contributed by atoms with Gasteiger partial charge in [0, 0.05) is 12.2 Å². The average Bonchev–Trinajstić information content (AvgIpc) is 2.97. The molecule has 4 heteroatoms. The fourth-order valence-electron chi connectivity index (χ4n) is 3.16. The molecule has 0 radical (unpaired) electrons. The van der Waals surface area contributed by atoms with Crippen LogP contribution in [-0.2, 0) is 16.0 Å². The highest BCUT2D eigenvalue weighted by Crippen LogP contribution is 2.28. The molecule has 124 valence electrons. The minimum Gasteiger partial charge on any atom is -0.449 e. The summed E-state index contributed by atoms with van der Waals surface area (Å²) in [6, 6.07) is 13.4. The lowest BCUT2D eigenvalue weighted by Crippen LogP contribution is -2.39. The molecule has 3 rings (SSSR count). The van der Waals surface area contributed by atoms with E-state index < -0.39 is 12.1 Å². The van der Waals surface area contributed by atoms with Crippen molar-refractivity contribution in [2.45, 2.75) is 33.3 Å². The standard InChI is InChI=1S/C20H21NO3/c1-13-10-14(2)12-17(11-13)20(23)24-15(3)19(22)21-9-8-16-6-4-5-7-18(16)21/h4-7,10-12,15H,8-9H2,1-3H3/t15-/m0/s1. The van der Waals surface area contributed by atoms with Crippen LogP contribution in [0.3, 0.4) is 0 Å². The van der Waals surface area contributed by atoms with Crippen LogP contribution in [0.5, 0.6) is 0 Å². The summed E-state index contributed by atoms with van der Waals surface area (Å²) >= 11 is 0. The highest BCUT2D eigenvalue weighted by atomic mass is 16.5. The van der Waals surface area contributed by atoms with Crippen molar-refractivity contribution >= 4 is 17.6 Å². The number of para-hydroxylation sites is 1. The predicted octanol–water partition coefficient (Wildman–Crippen LogP) is 3.44. The smallest absolute Gasteiger partial charge is 0.338 e. The van der Waals surface area contributed by atoms with Gasteiger partial charge in [0.1, 0.15) is 0 Å². The third kappa shape index (κ3) is 3.18. The van der Waals surface area contributed by atoms with Gasteiger partial charge in [-0.1, -0.05) is 35.4 Å². The van der Waals surface area contributed by atoms with Gasteiger partial charge >= 0.3 is 5.97 Å². The molecule has 2 aromatic rings. The number of carbonyl (C=O) groups is 2. The fourth-order valence-corrected chi connectivity index (χ4v) is 3.16. The summed E-state index contributed by atoms with van der Waals surface area (Å²) in [6.07, 6.45) is 0.0177. The maximum absolute atomic E-state index is 12.7. The molecule has 2 aromatic carbocycles. The second-order valence-corrected chi connectivity index (χ2v) is 6.29. The van der Waals surface area contributed by atoms with E-state index in [2.05, 4.69) is 0 Å². The number of carbonyl (C=O) groups excluding carboxylic acids is 2. The van der Waals surface area contributed by atoms with Crippen molar-refractivity contribution in [1.82, 2.24) is 0 Å². The largest absolute Gasteiger partial charge is 0.449 e. The third-order valence-corrected chi connectivity index (χ3v) is 4.24. The van der Waals surface area contributed by atoms with E-state index in [9.17, 15) is 9.59 Å². The first-order valence-corrected chi connectivity index (χ1v) is 8.14. The van der Waals surface area contributed by atoms with Gasteiger partial charge in [-0.2, -0.15) is 0 Å². The van der Waals surface area contributed by atoms with Crippen molar-refractivity contribution in [2.75, 3.05) is 11.4 Å². The first-order valence-electron chi connectivity index (χ1n) is 8.14. The van der Waals surface area contributed by atoms with Crippen LogP contribution >= 0.6 is 0 Å². The lowest BCUT2D eigenvalue weighted by Gasteiger charge is -2.21. The number of anilines is 1. The molecule has 0 N–H and O–H groups in total. The van der Waals surface area contributed by atoms with Crippen LogP contribution in [0.4, 0.5) is 5.69 Å². The van der Waals surface area contributed by atoms with E-state index in [1.165, 1.54) is 0 Å². The average molecular weight is 323 g/mol. The lowest BCUT2D eigenvalue weighted by atomic mass is 10.1. The molecule has 24 heavy (non-hydrogen) atoms. The number of rotatable bonds is 3. The zero-order chi connectivity index (χ0) is 17.3. The highest BCUT2D eigenvalue weighted by Gasteiger charge is 2.29. The minimum absolute atomic E-state index is 0.183. The molecule has 0 aliphatic carbocycles. The first-order chi connectivity index (χ1) is 11.5. The Morgan fingerprint density at radius 2 is 1.75 bits per heavy atom. The molecule has 0 saturated carbocycles. The Hall–Kier alpha value is -2.62. The molecule has 1 atom stereocenters. The van der Waals surface area contributed by atoms with E-state index in [0.717, 1.165) is 28.8 Å². The Morgan fingerprint density at radius 1 is 1.08 bits per heavy atom. The Bertz CT molecular complexity index is 777. The molecular formula is C20H21NO3. The molecule has 0 unspecified atom stereocenters. The summed E-state index contributed by atoms with van der Waals surface area (Å²) in [7, 11) is 0. The maximum atomic E-state index is 12.7. The Labute approximate surface area is 142 Å². The molecule has 1 amide bonds. The van der Waals surface area contributed by atoms with Crippen LogP contribution in [0.15, 0.2) is 42.5 Å². The molecule has 0 spiro atoms. The van der Waals surface area contributed by atoms with Gasteiger partial charge in [0.15, 0.2) is 6.10 Å². The van der Waals surface area contributed by atoms with Crippen molar-refractivity contribution in [3.05, 3.63) is 64.7 Å². The number of amides is 1. The van der Waals surface area contributed by atoms with Crippen LogP contribution in [0.25, 0.3) is 0 Å². The molecule has 0 fully saturated rings. The molecule has 0 saturated heterocycles. The summed E-state index contributed by atoms with van der Waals surface area (Å²) in [5.41, 5.74) is 4.54. The molecule has 1 aliphatic heterocycles. The van der Waals surface area contributed by atoms with Crippen molar-refractivity contribution in [1.29, 1.82) is 0 Å². The maximum Gasteiger partial charge on any atom is 0.338 e. The van der Waals surface area contributed by atoms with Crippen molar-refractivity contribution < 1.29 is 14.3 Å². The number of aryl methyl sites for hydroxylation is 2. The van der Waals surface area contributed by atoms with Gasteiger partial charge in [-0.3, -0.25) is 4.79 Å². The number of ether oxygens (including phenoxy) is 1. The van der Waals surface area contributed by atoms with E-state index in [1.54, 1.807) is 24.0 Å². The van der Waals surface area contributed by atoms with E-state index in [-0.39, 0.29) is 5.91 Å². The van der Waals surface area contributed by atoms with E-state index in [1.807, 2.05) is 44.2 Å². The second-order valence-electron chi connectivity index (χ2n) is 6.29. The van der Waals surface area contributed by atoms with Gasteiger partial charge in [-0.25, -0.2) is 4.79 Å². The van der Waals surface area contributed by atoms with Gasteiger partial charge in [-0.05, 0) is 51.0 Å². The SMILES string of the molecule is Cc1cc(C)cc(C(=O)O[C@@H](C)C(=O)N2CCc3ccccc32)c1. The number of esters is 1. The number of benzene rings is 2. The Balaban J connectivity index is 1.72. The van der Waals surface area contributed by atoms with Crippen molar-refractivity contribution in [2.24, 2.45) is 0 Å². The molecule has 0 aromatic heterocycles. The van der Waals surface area contributed by atoms with Gasteiger partial charge in [0.25, 0.3) is 5.91 Å². The number of nitrogens with zero attached hydrogens (tertiary/aromatic N) is 1. The second kappa shape index (κ2) is 6.48. The molecule has 1 aliphatic rings. The summed E-state index contributed by atoms with van der Waals surface area (Å²) in [4.78, 5) is 26.7. The predicted molar refractivity (Wildman–Crippen MR) is 93.3 cm³/mol. The minimum atomic E-state index is -0.815. The van der Waals surface area contributed by atoms with E-state index >= 15 is 0 Å². The Kier molecular flexibility index (Phi) is 4.38. The number of hydrogen-bond acceptors (Lipinski definition) is 3. The zero-order valence-corrected chi connectivity index (χ0v) is 14.2. The van der Waals surface area contributed by atoms with Gasteiger partial charge in [0.05, 0.1) is 5.56 Å². The molecule has 0 bridgehead atoms. The van der Waals surface area contributed by atoms with E-state index in [0.29, 0.717) is 12.1 Å². The summed E-state index contributed by atoms with van der Waals surface area (Å²) in [6.45, 7) is 6.12. The monoisotopic (exact) mass is 323 g/mol.